The van der Waals surface area contributed by atoms with Crippen LogP contribution in [0.15, 0.2) is 12.1 Å². The molecule has 0 aromatic heterocycles. The Bertz CT molecular complexity index is 549. The molecule has 8 heteroatoms. The summed E-state index contributed by atoms with van der Waals surface area (Å²) in [7, 11) is -3.95. The summed E-state index contributed by atoms with van der Waals surface area (Å²) in [6, 6.07) is 1.67. The van der Waals surface area contributed by atoms with E-state index in [2.05, 4.69) is 4.18 Å². The number of benzene rings is 1. The van der Waals surface area contributed by atoms with Gasteiger partial charge in [0.25, 0.3) is 10.1 Å². The first-order valence-electron chi connectivity index (χ1n) is 4.72. The maximum absolute atomic E-state index is 13.6. The van der Waals surface area contributed by atoms with Crippen LogP contribution in [-0.2, 0) is 27.1 Å². The standard InChI is InChI=1S/C10H10F4O3S/c1-6-3-4-8(10(12,13)14)7(9(6)11)5-17-18(2,15)16/h3-4H,5H2,1-2H3. The molecule has 0 unspecified atom stereocenters. The lowest BCUT2D eigenvalue weighted by atomic mass is 10.0. The summed E-state index contributed by atoms with van der Waals surface area (Å²) >= 11 is 0. The maximum atomic E-state index is 13.6. The van der Waals surface area contributed by atoms with Crippen LogP contribution in [0, 0.1) is 12.7 Å². The van der Waals surface area contributed by atoms with Gasteiger partial charge in [-0.05, 0) is 18.6 Å². The smallest absolute Gasteiger partial charge is 0.265 e. The van der Waals surface area contributed by atoms with Gasteiger partial charge >= 0.3 is 6.18 Å². The van der Waals surface area contributed by atoms with E-state index in [1.54, 1.807) is 0 Å². The molecule has 0 atom stereocenters. The van der Waals surface area contributed by atoms with Crippen LogP contribution in [0.5, 0.6) is 0 Å². The molecule has 0 aliphatic heterocycles. The second kappa shape index (κ2) is 4.85. The highest BCUT2D eigenvalue weighted by atomic mass is 32.2. The lowest BCUT2D eigenvalue weighted by Gasteiger charge is -2.14. The first-order chi connectivity index (χ1) is 8.02. The fraction of sp³-hybridized carbons (Fsp3) is 0.400. The Morgan fingerprint density at radius 2 is 1.83 bits per heavy atom. The van der Waals surface area contributed by atoms with Gasteiger partial charge in [0.15, 0.2) is 0 Å². The lowest BCUT2D eigenvalue weighted by molar-refractivity contribution is -0.138. The van der Waals surface area contributed by atoms with Gasteiger partial charge in [-0.2, -0.15) is 21.6 Å². The predicted molar refractivity (Wildman–Crippen MR) is 55.8 cm³/mol. The highest BCUT2D eigenvalue weighted by Crippen LogP contribution is 2.34. The van der Waals surface area contributed by atoms with Crippen molar-refractivity contribution in [3.05, 3.63) is 34.6 Å². The number of rotatable bonds is 3. The van der Waals surface area contributed by atoms with Crippen LogP contribution in [0.3, 0.4) is 0 Å². The highest BCUT2D eigenvalue weighted by molar-refractivity contribution is 7.85. The van der Waals surface area contributed by atoms with Gasteiger partial charge < -0.3 is 0 Å². The number of alkyl halides is 3. The minimum absolute atomic E-state index is 0.0184. The Morgan fingerprint density at radius 1 is 1.28 bits per heavy atom. The molecular formula is C10H10F4O3S. The molecule has 3 nitrogen and oxygen atoms in total. The molecule has 0 fully saturated rings. The van der Waals surface area contributed by atoms with Gasteiger partial charge in [0.1, 0.15) is 5.82 Å². The second-order valence-corrected chi connectivity index (χ2v) is 5.33. The zero-order valence-electron chi connectivity index (χ0n) is 9.51. The Hall–Kier alpha value is -1.15. The summed E-state index contributed by atoms with van der Waals surface area (Å²) in [5.74, 6) is -1.12. The first kappa shape index (κ1) is 14.9. The van der Waals surface area contributed by atoms with Crippen LogP contribution < -0.4 is 0 Å². The molecule has 0 aliphatic carbocycles. The Morgan fingerprint density at radius 3 is 2.28 bits per heavy atom. The quantitative estimate of drug-likeness (QED) is 0.633. The molecule has 0 bridgehead atoms. The maximum Gasteiger partial charge on any atom is 0.416 e. The fourth-order valence-electron chi connectivity index (χ4n) is 1.31. The fourth-order valence-corrected chi connectivity index (χ4v) is 1.64. The van der Waals surface area contributed by atoms with E-state index in [0.29, 0.717) is 12.3 Å². The van der Waals surface area contributed by atoms with E-state index >= 15 is 0 Å². The summed E-state index contributed by atoms with van der Waals surface area (Å²) in [4.78, 5) is 0. The Labute approximate surface area is 102 Å². The van der Waals surface area contributed by atoms with Gasteiger partial charge in [0.05, 0.1) is 18.4 Å². The SMILES string of the molecule is Cc1ccc(C(F)(F)F)c(COS(C)(=O)=O)c1F. The molecule has 0 heterocycles. The predicted octanol–water partition coefficient (Wildman–Crippen LogP) is 2.63. The number of hydrogen-bond acceptors (Lipinski definition) is 3. The molecule has 0 saturated carbocycles. The third kappa shape index (κ3) is 3.67. The Balaban J connectivity index is 3.26. The van der Waals surface area contributed by atoms with E-state index in [0.717, 1.165) is 6.07 Å². The van der Waals surface area contributed by atoms with Crippen LogP contribution in [0.1, 0.15) is 16.7 Å². The molecule has 0 radical (unpaired) electrons. The van der Waals surface area contributed by atoms with Crippen molar-refractivity contribution in [2.75, 3.05) is 6.26 Å². The molecule has 0 N–H and O–H groups in total. The van der Waals surface area contributed by atoms with Gasteiger partial charge in [0.2, 0.25) is 0 Å². The normalized spacial score (nSPS) is 12.8. The van der Waals surface area contributed by atoms with Gasteiger partial charge in [-0.1, -0.05) is 6.07 Å². The van der Waals surface area contributed by atoms with E-state index in [-0.39, 0.29) is 5.56 Å². The summed E-state index contributed by atoms with van der Waals surface area (Å²) in [6.07, 6.45) is -4.10. The van der Waals surface area contributed by atoms with Gasteiger partial charge in [0, 0.05) is 5.56 Å². The molecule has 1 aromatic carbocycles. The molecule has 0 aliphatic rings. The molecule has 0 spiro atoms. The summed E-state index contributed by atoms with van der Waals surface area (Å²) in [6.45, 7) is 0.292. The third-order valence-electron chi connectivity index (χ3n) is 2.16. The molecule has 1 rings (SSSR count). The topological polar surface area (TPSA) is 43.4 Å². The minimum Gasteiger partial charge on any atom is -0.265 e. The first-order valence-corrected chi connectivity index (χ1v) is 6.53. The summed E-state index contributed by atoms with van der Waals surface area (Å²) in [5.41, 5.74) is -2.07. The third-order valence-corrected chi connectivity index (χ3v) is 2.71. The van der Waals surface area contributed by atoms with Crippen molar-refractivity contribution in [1.82, 2.24) is 0 Å². The molecule has 0 saturated heterocycles. The van der Waals surface area contributed by atoms with Crippen LogP contribution >= 0.6 is 0 Å². The second-order valence-electron chi connectivity index (χ2n) is 3.69. The van der Waals surface area contributed by atoms with Gasteiger partial charge in [-0.15, -0.1) is 0 Å². The highest BCUT2D eigenvalue weighted by Gasteiger charge is 2.35. The lowest BCUT2D eigenvalue weighted by Crippen LogP contribution is -2.14. The average Bonchev–Trinajstić information content (AvgIpc) is 2.17. The molecule has 18 heavy (non-hydrogen) atoms. The van der Waals surface area contributed by atoms with E-state index in [4.69, 9.17) is 0 Å². The van der Waals surface area contributed by atoms with Crippen molar-refractivity contribution in [2.45, 2.75) is 19.7 Å². The summed E-state index contributed by atoms with van der Waals surface area (Å²) in [5, 5.41) is 0. The molecule has 102 valence electrons. The van der Waals surface area contributed by atoms with Crippen LogP contribution in [-0.4, -0.2) is 14.7 Å². The summed E-state index contributed by atoms with van der Waals surface area (Å²) < 4.78 is 77.1. The molecular weight excluding hydrogens is 276 g/mol. The number of halogens is 4. The van der Waals surface area contributed by atoms with Gasteiger partial charge in [-0.25, -0.2) is 4.39 Å². The monoisotopic (exact) mass is 286 g/mol. The zero-order valence-corrected chi connectivity index (χ0v) is 10.3. The van der Waals surface area contributed by atoms with E-state index < -0.39 is 39.8 Å². The average molecular weight is 286 g/mol. The zero-order chi connectivity index (χ0) is 14.1. The van der Waals surface area contributed by atoms with Gasteiger partial charge in [-0.3, -0.25) is 4.18 Å². The van der Waals surface area contributed by atoms with Crippen LogP contribution in [0.2, 0.25) is 0 Å². The largest absolute Gasteiger partial charge is 0.416 e. The van der Waals surface area contributed by atoms with Crippen molar-refractivity contribution >= 4 is 10.1 Å². The molecule has 1 aromatic rings. The number of hydrogen-bond donors (Lipinski definition) is 0. The van der Waals surface area contributed by atoms with Crippen LogP contribution in [0.4, 0.5) is 17.6 Å². The van der Waals surface area contributed by atoms with Crippen LogP contribution in [0.25, 0.3) is 0 Å². The van der Waals surface area contributed by atoms with E-state index in [1.807, 2.05) is 0 Å². The Kier molecular flexibility index (Phi) is 4.02. The van der Waals surface area contributed by atoms with Crippen molar-refractivity contribution in [2.24, 2.45) is 0 Å². The number of aryl methyl sites for hydroxylation is 1. The van der Waals surface area contributed by atoms with E-state index in [1.165, 1.54) is 6.92 Å². The molecule has 0 amide bonds. The van der Waals surface area contributed by atoms with Crippen molar-refractivity contribution < 1.29 is 30.2 Å². The van der Waals surface area contributed by atoms with E-state index in [9.17, 15) is 26.0 Å². The van der Waals surface area contributed by atoms with Crippen molar-refractivity contribution in [3.63, 3.8) is 0 Å². The van der Waals surface area contributed by atoms with Crippen molar-refractivity contribution in [1.29, 1.82) is 0 Å². The minimum atomic E-state index is -4.77. The van der Waals surface area contributed by atoms with Crippen molar-refractivity contribution in [3.8, 4) is 0 Å².